The number of hydrogen-bond acceptors (Lipinski definition) is 2. The maximum atomic E-state index is 5.38. The molecule has 1 aromatic rings. The molecule has 0 amide bonds. The van der Waals surface area contributed by atoms with E-state index in [1.165, 1.54) is 5.56 Å². The van der Waals surface area contributed by atoms with Gasteiger partial charge in [-0.25, -0.2) is 0 Å². The molecule has 0 radical (unpaired) electrons. The summed E-state index contributed by atoms with van der Waals surface area (Å²) in [6, 6.07) is 10.2. The first-order valence-electron chi connectivity index (χ1n) is 4.25. The van der Waals surface area contributed by atoms with Crippen LogP contribution in [-0.2, 0) is 11.3 Å². The van der Waals surface area contributed by atoms with Gasteiger partial charge in [-0.15, -0.1) is 12.4 Å². The summed E-state index contributed by atoms with van der Waals surface area (Å²) in [5.74, 6) is 0. The van der Waals surface area contributed by atoms with Gasteiger partial charge < -0.3 is 10.5 Å². The van der Waals surface area contributed by atoms with Gasteiger partial charge in [0.15, 0.2) is 0 Å². The topological polar surface area (TPSA) is 35.2 Å². The van der Waals surface area contributed by atoms with Crippen LogP contribution in [0.5, 0.6) is 0 Å². The molecule has 0 saturated carbocycles. The first-order chi connectivity index (χ1) is 5.93. The lowest BCUT2D eigenvalue weighted by Crippen LogP contribution is -2.04. The van der Waals surface area contributed by atoms with Gasteiger partial charge in [-0.2, -0.15) is 0 Å². The summed E-state index contributed by atoms with van der Waals surface area (Å²) in [7, 11) is 0. The Labute approximate surface area is 85.5 Å². The third-order valence-electron chi connectivity index (χ3n) is 1.60. The molecule has 2 nitrogen and oxygen atoms in total. The van der Waals surface area contributed by atoms with E-state index in [1.54, 1.807) is 0 Å². The second-order valence-corrected chi connectivity index (χ2v) is 2.68. The number of rotatable bonds is 5. The highest BCUT2D eigenvalue weighted by Gasteiger charge is 1.89. The molecule has 0 unspecified atom stereocenters. The molecule has 2 N–H and O–H groups in total. The molecule has 0 heterocycles. The SMILES string of the molecule is Cl.NCCCOCc1ccccc1. The van der Waals surface area contributed by atoms with Gasteiger partial charge in [-0.3, -0.25) is 0 Å². The Hall–Kier alpha value is -0.570. The van der Waals surface area contributed by atoms with Gasteiger partial charge in [0.1, 0.15) is 0 Å². The first kappa shape index (κ1) is 12.4. The van der Waals surface area contributed by atoms with E-state index in [4.69, 9.17) is 10.5 Å². The second-order valence-electron chi connectivity index (χ2n) is 2.68. The van der Waals surface area contributed by atoms with Crippen molar-refractivity contribution < 1.29 is 4.74 Å². The van der Waals surface area contributed by atoms with Crippen LogP contribution in [-0.4, -0.2) is 13.2 Å². The molecule has 0 aliphatic rings. The molecular formula is C10H16ClNO. The van der Waals surface area contributed by atoms with E-state index < -0.39 is 0 Å². The Morgan fingerprint density at radius 1 is 1.15 bits per heavy atom. The molecule has 3 heteroatoms. The van der Waals surface area contributed by atoms with Crippen LogP contribution in [0.25, 0.3) is 0 Å². The fourth-order valence-electron chi connectivity index (χ4n) is 0.950. The highest BCUT2D eigenvalue weighted by molar-refractivity contribution is 5.85. The Morgan fingerprint density at radius 2 is 1.85 bits per heavy atom. The van der Waals surface area contributed by atoms with E-state index in [2.05, 4.69) is 12.1 Å². The van der Waals surface area contributed by atoms with Crippen LogP contribution in [0.4, 0.5) is 0 Å². The van der Waals surface area contributed by atoms with Crippen LogP contribution in [0.3, 0.4) is 0 Å². The minimum atomic E-state index is 0. The zero-order chi connectivity index (χ0) is 8.65. The second kappa shape index (κ2) is 8.05. The molecule has 0 aromatic heterocycles. The molecule has 0 fully saturated rings. The average molecular weight is 202 g/mol. The van der Waals surface area contributed by atoms with Gasteiger partial charge in [0.2, 0.25) is 0 Å². The fourth-order valence-corrected chi connectivity index (χ4v) is 0.950. The van der Waals surface area contributed by atoms with E-state index in [0.29, 0.717) is 13.2 Å². The highest BCUT2D eigenvalue weighted by atomic mass is 35.5. The Balaban J connectivity index is 0.00000144. The third kappa shape index (κ3) is 5.64. The van der Waals surface area contributed by atoms with Crippen LogP contribution >= 0.6 is 12.4 Å². The van der Waals surface area contributed by atoms with Crippen LogP contribution in [0, 0.1) is 0 Å². The summed E-state index contributed by atoms with van der Waals surface area (Å²) in [6.45, 7) is 2.15. The summed E-state index contributed by atoms with van der Waals surface area (Å²) < 4.78 is 5.38. The molecule has 0 spiro atoms. The Morgan fingerprint density at radius 3 is 2.46 bits per heavy atom. The summed E-state index contributed by atoms with van der Waals surface area (Å²) in [6.07, 6.45) is 0.937. The molecule has 0 aliphatic carbocycles. The van der Waals surface area contributed by atoms with Crippen molar-refractivity contribution in [2.24, 2.45) is 5.73 Å². The smallest absolute Gasteiger partial charge is 0.0716 e. The lowest BCUT2D eigenvalue weighted by Gasteiger charge is -2.02. The molecule has 0 atom stereocenters. The van der Waals surface area contributed by atoms with Crippen molar-refractivity contribution in [3.63, 3.8) is 0 Å². The maximum absolute atomic E-state index is 5.38. The molecule has 0 saturated heterocycles. The monoisotopic (exact) mass is 201 g/mol. The van der Waals surface area contributed by atoms with E-state index in [1.807, 2.05) is 18.2 Å². The van der Waals surface area contributed by atoms with Gasteiger partial charge >= 0.3 is 0 Å². The number of halogens is 1. The summed E-state index contributed by atoms with van der Waals surface area (Å²) in [5, 5.41) is 0. The average Bonchev–Trinajstić information content (AvgIpc) is 2.14. The molecule has 0 bridgehead atoms. The van der Waals surface area contributed by atoms with E-state index in [-0.39, 0.29) is 12.4 Å². The van der Waals surface area contributed by atoms with Gasteiger partial charge in [-0.05, 0) is 18.5 Å². The predicted octanol–water partition coefficient (Wildman–Crippen LogP) is 1.97. The number of nitrogens with two attached hydrogens (primary N) is 1. The third-order valence-corrected chi connectivity index (χ3v) is 1.60. The van der Waals surface area contributed by atoms with Crippen molar-refractivity contribution in [3.8, 4) is 0 Å². The van der Waals surface area contributed by atoms with Crippen molar-refractivity contribution in [2.75, 3.05) is 13.2 Å². The van der Waals surface area contributed by atoms with E-state index in [0.717, 1.165) is 13.0 Å². The van der Waals surface area contributed by atoms with Crippen LogP contribution in [0.1, 0.15) is 12.0 Å². The minimum Gasteiger partial charge on any atom is -0.377 e. The molecule has 1 rings (SSSR count). The van der Waals surface area contributed by atoms with Crippen LogP contribution in [0.15, 0.2) is 30.3 Å². The first-order valence-corrected chi connectivity index (χ1v) is 4.25. The Bertz CT molecular complexity index is 203. The highest BCUT2D eigenvalue weighted by Crippen LogP contribution is 2.00. The molecule has 0 aliphatic heterocycles. The van der Waals surface area contributed by atoms with Crippen LogP contribution < -0.4 is 5.73 Å². The Kier molecular flexibility index (Phi) is 7.69. The predicted molar refractivity (Wildman–Crippen MR) is 57.0 cm³/mol. The zero-order valence-electron chi connectivity index (χ0n) is 7.61. The molecule has 13 heavy (non-hydrogen) atoms. The van der Waals surface area contributed by atoms with E-state index in [9.17, 15) is 0 Å². The maximum Gasteiger partial charge on any atom is 0.0716 e. The number of benzene rings is 1. The van der Waals surface area contributed by atoms with Crippen LogP contribution in [0.2, 0.25) is 0 Å². The van der Waals surface area contributed by atoms with Crippen molar-refractivity contribution in [1.82, 2.24) is 0 Å². The van der Waals surface area contributed by atoms with Gasteiger partial charge in [0.25, 0.3) is 0 Å². The summed E-state index contributed by atoms with van der Waals surface area (Å²) in [4.78, 5) is 0. The van der Waals surface area contributed by atoms with Gasteiger partial charge in [0, 0.05) is 6.61 Å². The largest absolute Gasteiger partial charge is 0.377 e. The summed E-state index contributed by atoms with van der Waals surface area (Å²) >= 11 is 0. The lowest BCUT2D eigenvalue weighted by molar-refractivity contribution is 0.120. The van der Waals surface area contributed by atoms with Crippen molar-refractivity contribution in [1.29, 1.82) is 0 Å². The van der Waals surface area contributed by atoms with Crippen molar-refractivity contribution in [3.05, 3.63) is 35.9 Å². The van der Waals surface area contributed by atoms with Crippen molar-refractivity contribution in [2.45, 2.75) is 13.0 Å². The zero-order valence-corrected chi connectivity index (χ0v) is 8.43. The molecule has 1 aromatic carbocycles. The lowest BCUT2D eigenvalue weighted by atomic mass is 10.2. The molecule has 74 valence electrons. The fraction of sp³-hybridized carbons (Fsp3) is 0.400. The quantitative estimate of drug-likeness (QED) is 0.740. The standard InChI is InChI=1S/C10H15NO.ClH/c11-7-4-8-12-9-10-5-2-1-3-6-10;/h1-3,5-6H,4,7-9,11H2;1H. The van der Waals surface area contributed by atoms with Gasteiger partial charge in [-0.1, -0.05) is 30.3 Å². The molecular weight excluding hydrogens is 186 g/mol. The normalized spacial score (nSPS) is 9.31. The number of hydrogen-bond donors (Lipinski definition) is 1. The minimum absolute atomic E-state index is 0. The van der Waals surface area contributed by atoms with E-state index >= 15 is 0 Å². The number of ether oxygens (including phenoxy) is 1. The summed E-state index contributed by atoms with van der Waals surface area (Å²) in [5.41, 5.74) is 6.55. The van der Waals surface area contributed by atoms with Gasteiger partial charge in [0.05, 0.1) is 6.61 Å². The van der Waals surface area contributed by atoms with Crippen molar-refractivity contribution >= 4 is 12.4 Å².